The van der Waals surface area contributed by atoms with Crippen molar-refractivity contribution in [3.8, 4) is 17.0 Å². The van der Waals surface area contributed by atoms with Crippen molar-refractivity contribution >= 4 is 16.9 Å². The summed E-state index contributed by atoms with van der Waals surface area (Å²) in [6.07, 6.45) is 8.53. The number of hydrogen-bond donors (Lipinski definition) is 0. The molecule has 1 fully saturated rings. The third kappa shape index (κ3) is 4.25. The van der Waals surface area contributed by atoms with Gasteiger partial charge < -0.3 is 18.9 Å². The van der Waals surface area contributed by atoms with Crippen LogP contribution < -0.4 is 4.74 Å². The normalized spacial score (nSPS) is 17.7. The molecule has 0 saturated heterocycles. The Labute approximate surface area is 202 Å². The first-order chi connectivity index (χ1) is 16.6. The van der Waals surface area contributed by atoms with Crippen molar-refractivity contribution in [2.45, 2.75) is 44.6 Å². The molecular formula is C29H34N2O3. The van der Waals surface area contributed by atoms with Gasteiger partial charge in [0.15, 0.2) is 0 Å². The summed E-state index contributed by atoms with van der Waals surface area (Å²) in [6.45, 7) is 2.16. The largest absolute Gasteiger partial charge is 0.488 e. The highest BCUT2D eigenvalue weighted by atomic mass is 16.5. The standard InChI is InChI=1S/C29H34N2O3/c1-30(2)16-15-20-18-31-25-17-22(29(32)33-3)13-14-23(25)27(21-9-5-4-6-10-21)28(31)24-11-7-8-12-26(24)34-19-20/h7-8,11-15,17,21H,4-6,9-10,16,18-19H2,1-3H3. The van der Waals surface area contributed by atoms with E-state index in [1.54, 1.807) is 0 Å². The number of methoxy groups -OCH3 is 1. The number of esters is 1. The third-order valence-electron chi connectivity index (χ3n) is 7.20. The van der Waals surface area contributed by atoms with Crippen LogP contribution in [-0.2, 0) is 11.3 Å². The van der Waals surface area contributed by atoms with E-state index in [0.29, 0.717) is 18.1 Å². The van der Waals surface area contributed by atoms with Crippen molar-refractivity contribution in [3.05, 3.63) is 65.2 Å². The summed E-state index contributed by atoms with van der Waals surface area (Å²) in [5, 5.41) is 1.25. The minimum atomic E-state index is -0.297. The summed E-state index contributed by atoms with van der Waals surface area (Å²) in [5.41, 5.74) is 6.73. The molecule has 0 amide bonds. The average Bonchev–Trinajstić information content (AvgIpc) is 3.17. The van der Waals surface area contributed by atoms with Gasteiger partial charge in [-0.2, -0.15) is 0 Å². The zero-order valence-corrected chi connectivity index (χ0v) is 20.5. The van der Waals surface area contributed by atoms with Gasteiger partial charge in [-0.25, -0.2) is 4.79 Å². The number of fused-ring (bicyclic) bond motifs is 5. The Balaban J connectivity index is 1.79. The molecule has 0 unspecified atom stereocenters. The Morgan fingerprint density at radius 1 is 1.15 bits per heavy atom. The molecule has 2 aliphatic rings. The monoisotopic (exact) mass is 458 g/mol. The maximum absolute atomic E-state index is 12.4. The Morgan fingerprint density at radius 3 is 2.71 bits per heavy atom. The van der Waals surface area contributed by atoms with E-state index in [1.807, 2.05) is 18.2 Å². The molecule has 1 aliphatic carbocycles. The number of carbonyl (C=O) groups excluding carboxylic acids is 1. The van der Waals surface area contributed by atoms with Crippen LogP contribution in [-0.4, -0.2) is 49.8 Å². The van der Waals surface area contributed by atoms with Gasteiger partial charge in [-0.1, -0.05) is 43.5 Å². The maximum Gasteiger partial charge on any atom is 0.337 e. The minimum Gasteiger partial charge on any atom is -0.488 e. The molecule has 0 N–H and O–H groups in total. The second kappa shape index (κ2) is 9.67. The number of hydrogen-bond acceptors (Lipinski definition) is 4. The fourth-order valence-corrected chi connectivity index (χ4v) is 5.52. The summed E-state index contributed by atoms with van der Waals surface area (Å²) in [4.78, 5) is 14.6. The minimum absolute atomic E-state index is 0.297. The molecule has 178 valence electrons. The lowest BCUT2D eigenvalue weighted by molar-refractivity contribution is 0.0601. The fraction of sp³-hybridized carbons (Fsp3) is 0.414. The van der Waals surface area contributed by atoms with Gasteiger partial charge in [0, 0.05) is 29.6 Å². The van der Waals surface area contributed by atoms with Gasteiger partial charge >= 0.3 is 5.97 Å². The Bertz CT molecular complexity index is 1230. The molecule has 3 aromatic rings. The number of ether oxygens (including phenoxy) is 2. The summed E-state index contributed by atoms with van der Waals surface area (Å²) in [6, 6.07) is 14.5. The van der Waals surface area contributed by atoms with Crippen molar-refractivity contribution in [2.75, 3.05) is 34.4 Å². The van der Waals surface area contributed by atoms with E-state index in [2.05, 4.69) is 53.9 Å². The van der Waals surface area contributed by atoms with Gasteiger partial charge in [0.05, 0.1) is 18.4 Å². The summed E-state index contributed by atoms with van der Waals surface area (Å²) < 4.78 is 13.9. The molecule has 1 aromatic heterocycles. The first kappa shape index (κ1) is 22.7. The smallest absolute Gasteiger partial charge is 0.337 e. The highest BCUT2D eigenvalue weighted by molar-refractivity contribution is 5.99. The Kier molecular flexibility index (Phi) is 6.46. The number of aromatic nitrogens is 1. The van der Waals surface area contributed by atoms with Crippen molar-refractivity contribution < 1.29 is 14.3 Å². The molecule has 0 spiro atoms. The van der Waals surface area contributed by atoms with Gasteiger partial charge in [0.2, 0.25) is 0 Å². The molecular weight excluding hydrogens is 424 g/mol. The second-order valence-corrected chi connectivity index (χ2v) is 9.82. The van der Waals surface area contributed by atoms with Crippen molar-refractivity contribution in [2.24, 2.45) is 0 Å². The molecule has 0 radical (unpaired) electrons. The summed E-state index contributed by atoms with van der Waals surface area (Å²) in [5.74, 6) is 1.14. The summed E-state index contributed by atoms with van der Waals surface area (Å²) >= 11 is 0. The molecule has 2 aromatic carbocycles. The molecule has 5 nitrogen and oxygen atoms in total. The number of para-hydroxylation sites is 1. The predicted octanol–water partition coefficient (Wildman–Crippen LogP) is 6.02. The average molecular weight is 459 g/mol. The third-order valence-corrected chi connectivity index (χ3v) is 7.20. The van der Waals surface area contributed by atoms with E-state index >= 15 is 0 Å². The molecule has 0 atom stereocenters. The van der Waals surface area contributed by atoms with Crippen molar-refractivity contribution in [3.63, 3.8) is 0 Å². The topological polar surface area (TPSA) is 43.7 Å². The SMILES string of the molecule is COC(=O)c1ccc2c(C3CCCCC3)c3n(c2c1)CC(=CCN(C)C)COc1ccccc1-3. The van der Waals surface area contributed by atoms with Crippen LogP contribution in [0.5, 0.6) is 5.75 Å². The van der Waals surface area contributed by atoms with E-state index < -0.39 is 0 Å². The predicted molar refractivity (Wildman–Crippen MR) is 137 cm³/mol. The number of rotatable bonds is 4. The lowest BCUT2D eigenvalue weighted by Gasteiger charge is -2.26. The van der Waals surface area contributed by atoms with Crippen LogP contribution in [0.1, 0.15) is 53.9 Å². The van der Waals surface area contributed by atoms with Crippen LogP contribution in [0.15, 0.2) is 54.1 Å². The first-order valence-electron chi connectivity index (χ1n) is 12.4. The second-order valence-electron chi connectivity index (χ2n) is 9.82. The van der Waals surface area contributed by atoms with Crippen molar-refractivity contribution in [1.29, 1.82) is 0 Å². The van der Waals surface area contributed by atoms with Crippen LogP contribution in [0.4, 0.5) is 0 Å². The molecule has 5 heteroatoms. The highest BCUT2D eigenvalue weighted by Gasteiger charge is 2.29. The van der Waals surface area contributed by atoms with E-state index in [1.165, 1.54) is 61.4 Å². The van der Waals surface area contributed by atoms with Gasteiger partial charge in [-0.15, -0.1) is 0 Å². The molecule has 1 saturated carbocycles. The van der Waals surface area contributed by atoms with Gasteiger partial charge in [0.25, 0.3) is 0 Å². The van der Waals surface area contributed by atoms with Gasteiger partial charge in [0.1, 0.15) is 12.4 Å². The van der Waals surface area contributed by atoms with Gasteiger partial charge in [-0.3, -0.25) is 0 Å². The van der Waals surface area contributed by atoms with Crippen LogP contribution in [0, 0.1) is 0 Å². The highest BCUT2D eigenvalue weighted by Crippen LogP contribution is 2.47. The van der Waals surface area contributed by atoms with E-state index in [-0.39, 0.29) is 5.97 Å². The first-order valence-corrected chi connectivity index (χ1v) is 12.4. The fourth-order valence-electron chi connectivity index (χ4n) is 5.52. The number of nitrogens with zero attached hydrogens (tertiary/aromatic N) is 2. The molecule has 0 bridgehead atoms. The lowest BCUT2D eigenvalue weighted by Crippen LogP contribution is -2.17. The molecule has 1 aliphatic heterocycles. The number of benzene rings is 2. The van der Waals surface area contributed by atoms with E-state index in [0.717, 1.165) is 29.9 Å². The Hall–Kier alpha value is -3.05. The Morgan fingerprint density at radius 2 is 1.94 bits per heavy atom. The molecule has 34 heavy (non-hydrogen) atoms. The van der Waals surface area contributed by atoms with E-state index in [4.69, 9.17) is 9.47 Å². The van der Waals surface area contributed by atoms with Crippen LogP contribution in [0.25, 0.3) is 22.2 Å². The molecule has 2 heterocycles. The summed E-state index contributed by atoms with van der Waals surface area (Å²) in [7, 11) is 5.60. The van der Waals surface area contributed by atoms with E-state index in [9.17, 15) is 4.79 Å². The number of carbonyl (C=O) groups is 1. The lowest BCUT2D eigenvalue weighted by atomic mass is 9.81. The van der Waals surface area contributed by atoms with Crippen LogP contribution in [0.2, 0.25) is 0 Å². The van der Waals surface area contributed by atoms with Crippen molar-refractivity contribution in [1.82, 2.24) is 9.47 Å². The van der Waals surface area contributed by atoms with Gasteiger partial charge in [-0.05, 0) is 68.3 Å². The van der Waals surface area contributed by atoms with Crippen LogP contribution >= 0.6 is 0 Å². The van der Waals surface area contributed by atoms with Crippen LogP contribution in [0.3, 0.4) is 0 Å². The number of likely N-dealkylation sites (N-methyl/N-ethyl adjacent to an activating group) is 1. The maximum atomic E-state index is 12.4. The quantitative estimate of drug-likeness (QED) is 0.354. The molecule has 5 rings (SSSR count). The zero-order chi connectivity index (χ0) is 23.7. The zero-order valence-electron chi connectivity index (χ0n) is 20.5.